The molecule has 0 aromatic rings. The van der Waals surface area contributed by atoms with E-state index in [1.165, 1.54) is 4.90 Å². The van der Waals surface area contributed by atoms with Crippen molar-refractivity contribution >= 4 is 5.91 Å². The van der Waals surface area contributed by atoms with Gasteiger partial charge in [-0.05, 0) is 0 Å². The van der Waals surface area contributed by atoms with Gasteiger partial charge in [0.05, 0.1) is 0 Å². The van der Waals surface area contributed by atoms with E-state index in [1.807, 2.05) is 0 Å². The highest BCUT2D eigenvalue weighted by Gasteiger charge is 2.07. The van der Waals surface area contributed by atoms with E-state index in [9.17, 15) is 4.79 Å². The van der Waals surface area contributed by atoms with Crippen molar-refractivity contribution in [3.8, 4) is 0 Å². The third-order valence-corrected chi connectivity index (χ3v) is 1.19. The lowest BCUT2D eigenvalue weighted by molar-refractivity contribution is -0.133. The first-order valence-corrected chi connectivity index (χ1v) is 3.36. The Morgan fingerprint density at radius 2 is 1.82 bits per heavy atom. The molecule has 0 unspecified atom stereocenters. The molecule has 0 aromatic heterocycles. The molecule has 0 aromatic carbocycles. The standard InChI is InChI=1S/C8H13NO2/c1-3-5-9(6-4-2)8(11)7-10/h3-4,10H,1-2,5-7H2. The summed E-state index contributed by atoms with van der Waals surface area (Å²) in [5.74, 6) is -0.301. The van der Waals surface area contributed by atoms with Crippen LogP contribution in [0.15, 0.2) is 25.3 Å². The molecule has 1 N–H and O–H groups in total. The second-order valence-electron chi connectivity index (χ2n) is 2.03. The van der Waals surface area contributed by atoms with Gasteiger partial charge in [0.1, 0.15) is 6.61 Å². The van der Waals surface area contributed by atoms with Crippen LogP contribution in [0.2, 0.25) is 0 Å². The molecule has 0 fully saturated rings. The van der Waals surface area contributed by atoms with Gasteiger partial charge in [0.2, 0.25) is 5.91 Å². The average Bonchev–Trinajstić information content (AvgIpc) is 2.03. The van der Waals surface area contributed by atoms with Gasteiger partial charge in [-0.2, -0.15) is 0 Å². The van der Waals surface area contributed by atoms with Crippen molar-refractivity contribution in [2.45, 2.75) is 0 Å². The van der Waals surface area contributed by atoms with E-state index >= 15 is 0 Å². The van der Waals surface area contributed by atoms with Crippen LogP contribution in [0, 0.1) is 0 Å². The summed E-state index contributed by atoms with van der Waals surface area (Å²) >= 11 is 0. The Kier molecular flexibility index (Phi) is 5.11. The fourth-order valence-electron chi connectivity index (χ4n) is 0.690. The smallest absolute Gasteiger partial charge is 0.248 e. The number of hydrogen-bond acceptors (Lipinski definition) is 2. The molecule has 0 aliphatic heterocycles. The third kappa shape index (κ3) is 3.57. The van der Waals surface area contributed by atoms with Gasteiger partial charge in [0.15, 0.2) is 0 Å². The minimum atomic E-state index is -0.457. The molecule has 3 heteroatoms. The van der Waals surface area contributed by atoms with E-state index in [2.05, 4.69) is 13.2 Å². The molecule has 0 bridgehead atoms. The number of carbonyl (C=O) groups is 1. The zero-order valence-electron chi connectivity index (χ0n) is 6.49. The first-order valence-electron chi connectivity index (χ1n) is 3.36. The Labute approximate surface area is 66.6 Å². The highest BCUT2D eigenvalue weighted by atomic mass is 16.3. The van der Waals surface area contributed by atoms with Crippen molar-refractivity contribution in [1.29, 1.82) is 0 Å². The summed E-state index contributed by atoms with van der Waals surface area (Å²) in [5, 5.41) is 8.50. The minimum absolute atomic E-state index is 0.301. The summed E-state index contributed by atoms with van der Waals surface area (Å²) in [4.78, 5) is 12.3. The van der Waals surface area contributed by atoms with E-state index in [4.69, 9.17) is 5.11 Å². The molecular formula is C8H13NO2. The highest BCUT2D eigenvalue weighted by molar-refractivity contribution is 5.77. The quantitative estimate of drug-likeness (QED) is 0.575. The number of nitrogens with zero attached hydrogens (tertiary/aromatic N) is 1. The lowest BCUT2D eigenvalue weighted by Crippen LogP contribution is -2.33. The maximum atomic E-state index is 10.9. The Bertz CT molecular complexity index is 144. The molecule has 0 aliphatic carbocycles. The third-order valence-electron chi connectivity index (χ3n) is 1.19. The van der Waals surface area contributed by atoms with Gasteiger partial charge in [0.25, 0.3) is 0 Å². The highest BCUT2D eigenvalue weighted by Crippen LogP contribution is 1.89. The summed E-state index contributed by atoms with van der Waals surface area (Å²) < 4.78 is 0. The largest absolute Gasteiger partial charge is 0.387 e. The fourth-order valence-corrected chi connectivity index (χ4v) is 0.690. The van der Waals surface area contributed by atoms with Crippen molar-refractivity contribution in [1.82, 2.24) is 4.90 Å². The summed E-state index contributed by atoms with van der Waals surface area (Å²) in [7, 11) is 0. The van der Waals surface area contributed by atoms with Gasteiger partial charge < -0.3 is 10.0 Å². The van der Waals surface area contributed by atoms with Crippen LogP contribution in [0.3, 0.4) is 0 Å². The Morgan fingerprint density at radius 1 is 1.36 bits per heavy atom. The predicted molar refractivity (Wildman–Crippen MR) is 44.1 cm³/mol. The molecule has 62 valence electrons. The van der Waals surface area contributed by atoms with Crippen LogP contribution in [0.4, 0.5) is 0 Å². The Hall–Kier alpha value is -1.09. The van der Waals surface area contributed by atoms with E-state index in [1.54, 1.807) is 12.2 Å². The summed E-state index contributed by atoms with van der Waals surface area (Å²) in [6, 6.07) is 0. The SMILES string of the molecule is C=CCN(CC=C)C(=O)CO. The molecule has 0 rings (SSSR count). The first kappa shape index (κ1) is 9.91. The van der Waals surface area contributed by atoms with E-state index in [0.717, 1.165) is 0 Å². The van der Waals surface area contributed by atoms with Crippen LogP contribution in [0.5, 0.6) is 0 Å². The second kappa shape index (κ2) is 5.68. The van der Waals surface area contributed by atoms with E-state index in [0.29, 0.717) is 13.1 Å². The monoisotopic (exact) mass is 155 g/mol. The number of hydrogen-bond donors (Lipinski definition) is 1. The van der Waals surface area contributed by atoms with E-state index < -0.39 is 6.61 Å². The van der Waals surface area contributed by atoms with Crippen molar-refractivity contribution in [3.63, 3.8) is 0 Å². The summed E-state index contributed by atoms with van der Waals surface area (Å²) in [5.41, 5.74) is 0. The van der Waals surface area contributed by atoms with E-state index in [-0.39, 0.29) is 5.91 Å². The average molecular weight is 155 g/mol. The summed E-state index contributed by atoms with van der Waals surface area (Å²) in [6.07, 6.45) is 3.22. The number of carbonyl (C=O) groups excluding carboxylic acids is 1. The van der Waals surface area contributed by atoms with Gasteiger partial charge in [-0.3, -0.25) is 4.79 Å². The molecule has 0 saturated heterocycles. The number of aliphatic hydroxyl groups is 1. The Balaban J connectivity index is 3.95. The van der Waals surface area contributed by atoms with Crippen LogP contribution in [-0.4, -0.2) is 35.6 Å². The lowest BCUT2D eigenvalue weighted by atomic mass is 10.4. The van der Waals surface area contributed by atoms with Crippen LogP contribution in [0.1, 0.15) is 0 Å². The second-order valence-corrected chi connectivity index (χ2v) is 2.03. The topological polar surface area (TPSA) is 40.5 Å². The lowest BCUT2D eigenvalue weighted by Gasteiger charge is -2.17. The summed E-state index contributed by atoms with van der Waals surface area (Å²) in [6.45, 7) is 7.42. The molecule has 0 aliphatic rings. The van der Waals surface area contributed by atoms with Gasteiger partial charge in [-0.15, -0.1) is 13.2 Å². The van der Waals surface area contributed by atoms with Crippen molar-refractivity contribution in [2.24, 2.45) is 0 Å². The maximum Gasteiger partial charge on any atom is 0.248 e. The fraction of sp³-hybridized carbons (Fsp3) is 0.375. The van der Waals surface area contributed by atoms with Crippen molar-refractivity contribution in [3.05, 3.63) is 25.3 Å². The van der Waals surface area contributed by atoms with Gasteiger partial charge >= 0.3 is 0 Å². The molecule has 0 saturated carbocycles. The van der Waals surface area contributed by atoms with Crippen molar-refractivity contribution < 1.29 is 9.90 Å². The van der Waals surface area contributed by atoms with Gasteiger partial charge in [-0.25, -0.2) is 0 Å². The molecule has 0 radical (unpaired) electrons. The number of rotatable bonds is 5. The molecule has 11 heavy (non-hydrogen) atoms. The predicted octanol–water partition coefficient (Wildman–Crippen LogP) is 0.179. The zero-order chi connectivity index (χ0) is 8.69. The zero-order valence-corrected chi connectivity index (χ0v) is 6.49. The van der Waals surface area contributed by atoms with Gasteiger partial charge in [0, 0.05) is 13.1 Å². The number of amides is 1. The van der Waals surface area contributed by atoms with Crippen LogP contribution in [0.25, 0.3) is 0 Å². The molecule has 3 nitrogen and oxygen atoms in total. The van der Waals surface area contributed by atoms with Crippen molar-refractivity contribution in [2.75, 3.05) is 19.7 Å². The normalized spacial score (nSPS) is 8.82. The molecule has 0 spiro atoms. The first-order chi connectivity index (χ1) is 5.26. The molecular weight excluding hydrogens is 142 g/mol. The van der Waals surface area contributed by atoms with Crippen LogP contribution < -0.4 is 0 Å². The number of aliphatic hydroxyl groups excluding tert-OH is 1. The van der Waals surface area contributed by atoms with Crippen LogP contribution >= 0.6 is 0 Å². The Morgan fingerprint density at radius 3 is 2.09 bits per heavy atom. The maximum absolute atomic E-state index is 10.9. The molecule has 0 heterocycles. The van der Waals surface area contributed by atoms with Crippen LogP contribution in [-0.2, 0) is 4.79 Å². The molecule has 0 atom stereocenters. The minimum Gasteiger partial charge on any atom is -0.387 e. The molecule has 1 amide bonds. The van der Waals surface area contributed by atoms with Gasteiger partial charge in [-0.1, -0.05) is 12.2 Å².